The van der Waals surface area contributed by atoms with Gasteiger partial charge < -0.3 is 5.11 Å². The third kappa shape index (κ3) is 1.87. The second-order valence-electron chi connectivity index (χ2n) is 3.63. The minimum absolute atomic E-state index is 0.0271. The Morgan fingerprint density at radius 2 is 1.88 bits per heavy atom. The zero-order valence-electron chi connectivity index (χ0n) is 8.98. The van der Waals surface area contributed by atoms with Crippen LogP contribution >= 0.6 is 0 Å². The summed E-state index contributed by atoms with van der Waals surface area (Å²) < 4.78 is 0. The largest absolute Gasteiger partial charge is 0.503 e. The fourth-order valence-corrected chi connectivity index (χ4v) is 1.39. The van der Waals surface area contributed by atoms with Gasteiger partial charge in [0.05, 0.1) is 5.56 Å². The first kappa shape index (κ1) is 11.7. The van der Waals surface area contributed by atoms with Gasteiger partial charge in [0.15, 0.2) is 5.75 Å². The molecule has 0 atom stereocenters. The van der Waals surface area contributed by atoms with Gasteiger partial charge in [0.2, 0.25) is 5.43 Å². The van der Waals surface area contributed by atoms with Crippen molar-refractivity contribution in [2.75, 3.05) is 0 Å². The minimum Gasteiger partial charge on any atom is -0.503 e. The fraction of sp³-hybridized carbons (Fsp3) is 0.250. The summed E-state index contributed by atoms with van der Waals surface area (Å²) in [5.74, 6) is -0.688. The lowest BCUT2D eigenvalue weighted by Crippen LogP contribution is -2.06. The Balaban J connectivity index is 3.83. The van der Waals surface area contributed by atoms with E-state index >= 15 is 0 Å². The summed E-state index contributed by atoms with van der Waals surface area (Å²) in [4.78, 5) is 11.7. The number of nitriles is 2. The molecule has 0 saturated carbocycles. The van der Waals surface area contributed by atoms with E-state index in [0.717, 1.165) is 0 Å². The van der Waals surface area contributed by atoms with Crippen molar-refractivity contribution < 1.29 is 5.11 Å². The van der Waals surface area contributed by atoms with Crippen molar-refractivity contribution in [1.82, 2.24) is 0 Å². The van der Waals surface area contributed by atoms with Gasteiger partial charge in [0.25, 0.3) is 0 Å². The zero-order chi connectivity index (χ0) is 12.3. The molecule has 0 aliphatic rings. The SMILES string of the molecule is CC(C)c1ccc(C#N)c(O)c(=O)c1C#N. The smallest absolute Gasteiger partial charge is 0.239 e. The molecule has 0 spiro atoms. The van der Waals surface area contributed by atoms with E-state index in [9.17, 15) is 9.90 Å². The van der Waals surface area contributed by atoms with Crippen molar-refractivity contribution in [3.63, 3.8) is 0 Å². The highest BCUT2D eigenvalue weighted by atomic mass is 16.3. The second kappa shape index (κ2) is 4.46. The maximum Gasteiger partial charge on any atom is 0.239 e. The van der Waals surface area contributed by atoms with E-state index in [1.807, 2.05) is 13.8 Å². The van der Waals surface area contributed by atoms with Gasteiger partial charge in [0, 0.05) is 0 Å². The molecule has 0 fully saturated rings. The van der Waals surface area contributed by atoms with Crippen LogP contribution in [0, 0.1) is 22.7 Å². The van der Waals surface area contributed by atoms with Crippen LogP contribution in [-0.4, -0.2) is 5.11 Å². The Labute approximate surface area is 93.0 Å². The molecular formula is C12H10N2O2. The first-order valence-electron chi connectivity index (χ1n) is 4.73. The molecule has 0 bridgehead atoms. The van der Waals surface area contributed by atoms with E-state index in [1.165, 1.54) is 12.1 Å². The van der Waals surface area contributed by atoms with Crippen LogP contribution in [0.4, 0.5) is 0 Å². The Morgan fingerprint density at radius 3 is 2.31 bits per heavy atom. The summed E-state index contributed by atoms with van der Waals surface area (Å²) in [6.45, 7) is 3.66. The van der Waals surface area contributed by atoms with Crippen LogP contribution in [0.2, 0.25) is 0 Å². The molecule has 80 valence electrons. The quantitative estimate of drug-likeness (QED) is 0.769. The van der Waals surface area contributed by atoms with Crippen LogP contribution in [0.3, 0.4) is 0 Å². The van der Waals surface area contributed by atoms with Gasteiger partial charge >= 0.3 is 0 Å². The van der Waals surface area contributed by atoms with Gasteiger partial charge in [-0.3, -0.25) is 4.79 Å². The molecule has 0 saturated heterocycles. The van der Waals surface area contributed by atoms with E-state index in [4.69, 9.17) is 10.5 Å². The molecule has 4 nitrogen and oxygen atoms in total. The van der Waals surface area contributed by atoms with Crippen LogP contribution in [0.25, 0.3) is 0 Å². The van der Waals surface area contributed by atoms with E-state index < -0.39 is 11.2 Å². The highest BCUT2D eigenvalue weighted by molar-refractivity contribution is 5.49. The van der Waals surface area contributed by atoms with E-state index in [2.05, 4.69) is 0 Å². The van der Waals surface area contributed by atoms with Gasteiger partial charge in [0.1, 0.15) is 17.7 Å². The molecule has 0 unspecified atom stereocenters. The molecule has 1 rings (SSSR count). The van der Waals surface area contributed by atoms with Crippen LogP contribution in [-0.2, 0) is 0 Å². The van der Waals surface area contributed by atoms with E-state index in [0.29, 0.717) is 5.56 Å². The second-order valence-corrected chi connectivity index (χ2v) is 3.63. The van der Waals surface area contributed by atoms with Crippen molar-refractivity contribution in [3.05, 3.63) is 39.0 Å². The molecule has 0 aliphatic carbocycles. The molecule has 4 heteroatoms. The lowest BCUT2D eigenvalue weighted by molar-refractivity contribution is 0.469. The molecular weight excluding hydrogens is 204 g/mol. The summed E-state index contributed by atoms with van der Waals surface area (Å²) in [5, 5.41) is 27.1. The van der Waals surface area contributed by atoms with E-state index in [1.54, 1.807) is 12.1 Å². The fourth-order valence-electron chi connectivity index (χ4n) is 1.39. The number of aromatic hydroxyl groups is 1. The van der Waals surface area contributed by atoms with Crippen molar-refractivity contribution >= 4 is 0 Å². The normalized spacial score (nSPS) is 9.56. The summed E-state index contributed by atoms with van der Waals surface area (Å²) in [6, 6.07) is 6.37. The van der Waals surface area contributed by atoms with Crippen LogP contribution in [0.15, 0.2) is 16.9 Å². The number of rotatable bonds is 1. The summed E-state index contributed by atoms with van der Waals surface area (Å²) in [7, 11) is 0. The van der Waals surface area contributed by atoms with E-state index in [-0.39, 0.29) is 17.0 Å². The summed E-state index contributed by atoms with van der Waals surface area (Å²) >= 11 is 0. The van der Waals surface area contributed by atoms with Gasteiger partial charge in [-0.25, -0.2) is 0 Å². The maximum atomic E-state index is 11.7. The van der Waals surface area contributed by atoms with Crippen molar-refractivity contribution in [1.29, 1.82) is 10.5 Å². The Morgan fingerprint density at radius 1 is 1.25 bits per heavy atom. The molecule has 0 heterocycles. The lowest BCUT2D eigenvalue weighted by Gasteiger charge is -2.02. The highest BCUT2D eigenvalue weighted by Gasteiger charge is 2.14. The van der Waals surface area contributed by atoms with Gasteiger partial charge in [-0.2, -0.15) is 10.5 Å². The summed E-state index contributed by atoms with van der Waals surface area (Å²) in [6.07, 6.45) is 0. The standard InChI is InChI=1S/C12H10N2O2/c1-7(2)9-4-3-8(5-13)11(15)12(16)10(9)6-14/h3-4,7H,1-2H3,(H,15,16). The predicted octanol–water partition coefficient (Wildman–Crippen LogP) is 1.62. The third-order valence-corrected chi connectivity index (χ3v) is 2.27. The molecule has 0 aliphatic heterocycles. The Bertz CT molecular complexity index is 563. The highest BCUT2D eigenvalue weighted by Crippen LogP contribution is 2.19. The average Bonchev–Trinajstić information content (AvgIpc) is 2.37. The molecule has 1 aromatic carbocycles. The van der Waals surface area contributed by atoms with Crippen LogP contribution < -0.4 is 5.43 Å². The first-order chi connectivity index (χ1) is 7.52. The number of hydrogen-bond acceptors (Lipinski definition) is 4. The van der Waals surface area contributed by atoms with Crippen molar-refractivity contribution in [3.8, 4) is 17.9 Å². The molecule has 1 aromatic rings. The number of hydrogen-bond donors (Lipinski definition) is 1. The van der Waals surface area contributed by atoms with Gasteiger partial charge in [-0.05, 0) is 17.5 Å². The molecule has 0 amide bonds. The molecule has 1 N–H and O–H groups in total. The van der Waals surface area contributed by atoms with Gasteiger partial charge in [-0.15, -0.1) is 0 Å². The van der Waals surface area contributed by atoms with Crippen LogP contribution in [0.1, 0.15) is 36.5 Å². The van der Waals surface area contributed by atoms with Crippen molar-refractivity contribution in [2.45, 2.75) is 19.8 Å². The lowest BCUT2D eigenvalue weighted by atomic mass is 10.0. The molecule has 0 radical (unpaired) electrons. The first-order valence-corrected chi connectivity index (χ1v) is 4.73. The van der Waals surface area contributed by atoms with Crippen molar-refractivity contribution in [2.24, 2.45) is 0 Å². The Hall–Kier alpha value is -2.33. The monoisotopic (exact) mass is 214 g/mol. The number of nitrogens with zero attached hydrogens (tertiary/aromatic N) is 2. The minimum atomic E-state index is -0.784. The maximum absolute atomic E-state index is 11.7. The van der Waals surface area contributed by atoms with Crippen LogP contribution in [0.5, 0.6) is 5.75 Å². The average molecular weight is 214 g/mol. The molecule has 0 aromatic heterocycles. The Kier molecular flexibility index (Phi) is 3.27. The topological polar surface area (TPSA) is 84.9 Å². The predicted molar refractivity (Wildman–Crippen MR) is 57.9 cm³/mol. The van der Waals surface area contributed by atoms with Gasteiger partial charge in [-0.1, -0.05) is 19.9 Å². The molecule has 16 heavy (non-hydrogen) atoms. The third-order valence-electron chi connectivity index (χ3n) is 2.27. The summed E-state index contributed by atoms with van der Waals surface area (Å²) in [5.41, 5.74) is -0.473. The zero-order valence-corrected chi connectivity index (χ0v) is 8.98.